The fraction of sp³-hybridized carbons (Fsp3) is 0.700. The summed E-state index contributed by atoms with van der Waals surface area (Å²) < 4.78 is 4.91. The van der Waals surface area contributed by atoms with E-state index < -0.39 is 11.6 Å². The zero-order chi connectivity index (χ0) is 12.6. The molecule has 94 valence electrons. The lowest BCUT2D eigenvalue weighted by molar-refractivity contribution is -0.135. The summed E-state index contributed by atoms with van der Waals surface area (Å²) in [4.78, 5) is 35.8. The first-order valence-corrected chi connectivity index (χ1v) is 5.41. The fourth-order valence-electron chi connectivity index (χ4n) is 1.70. The molecule has 2 rings (SSSR count). The van der Waals surface area contributed by atoms with E-state index in [0.29, 0.717) is 13.2 Å². The van der Waals surface area contributed by atoms with E-state index in [0.717, 1.165) is 4.90 Å². The third-order valence-electron chi connectivity index (χ3n) is 2.75. The van der Waals surface area contributed by atoms with Crippen molar-refractivity contribution in [1.29, 1.82) is 0 Å². The van der Waals surface area contributed by atoms with Gasteiger partial charge in [-0.1, -0.05) is 0 Å². The molecule has 0 bridgehead atoms. The standard InChI is InChI=1S/C10H15N3O4/c1-10(2)8(15)13(9(16)12-10)3-7(14)11-6-4-17-5-6/h6H,3-5H2,1-2H3,(H,11,14)(H,12,16). The van der Waals surface area contributed by atoms with Crippen LogP contribution in [0, 0.1) is 0 Å². The van der Waals surface area contributed by atoms with Crippen molar-refractivity contribution in [3.8, 4) is 0 Å². The largest absolute Gasteiger partial charge is 0.377 e. The second-order valence-corrected chi connectivity index (χ2v) is 4.75. The van der Waals surface area contributed by atoms with Crippen molar-refractivity contribution in [3.63, 3.8) is 0 Å². The quantitative estimate of drug-likeness (QED) is 0.610. The Kier molecular flexibility index (Phi) is 2.78. The molecule has 17 heavy (non-hydrogen) atoms. The average molecular weight is 241 g/mol. The fourth-order valence-corrected chi connectivity index (χ4v) is 1.70. The Labute approximate surface area is 98.5 Å². The van der Waals surface area contributed by atoms with Crippen LogP contribution in [0.5, 0.6) is 0 Å². The van der Waals surface area contributed by atoms with Crippen LogP contribution < -0.4 is 10.6 Å². The zero-order valence-electron chi connectivity index (χ0n) is 9.78. The molecule has 7 nitrogen and oxygen atoms in total. The molecular weight excluding hydrogens is 226 g/mol. The summed E-state index contributed by atoms with van der Waals surface area (Å²) in [7, 11) is 0. The Morgan fingerprint density at radius 2 is 2.18 bits per heavy atom. The molecule has 0 saturated carbocycles. The van der Waals surface area contributed by atoms with Crippen LogP contribution in [-0.4, -0.2) is 54.1 Å². The van der Waals surface area contributed by atoms with E-state index in [1.54, 1.807) is 13.8 Å². The molecule has 0 aromatic heterocycles. The van der Waals surface area contributed by atoms with Crippen molar-refractivity contribution in [2.45, 2.75) is 25.4 Å². The number of hydrogen-bond donors (Lipinski definition) is 2. The van der Waals surface area contributed by atoms with Gasteiger partial charge in [0, 0.05) is 0 Å². The maximum absolute atomic E-state index is 11.8. The lowest BCUT2D eigenvalue weighted by Gasteiger charge is -2.27. The molecule has 0 unspecified atom stereocenters. The van der Waals surface area contributed by atoms with Gasteiger partial charge >= 0.3 is 6.03 Å². The highest BCUT2D eigenvalue weighted by atomic mass is 16.5. The summed E-state index contributed by atoms with van der Waals surface area (Å²) in [6.45, 7) is 3.93. The van der Waals surface area contributed by atoms with Crippen molar-refractivity contribution in [2.75, 3.05) is 19.8 Å². The minimum atomic E-state index is -0.934. The molecule has 0 aromatic carbocycles. The zero-order valence-corrected chi connectivity index (χ0v) is 9.78. The third-order valence-corrected chi connectivity index (χ3v) is 2.75. The Morgan fingerprint density at radius 3 is 2.59 bits per heavy atom. The molecule has 0 aromatic rings. The minimum Gasteiger partial charge on any atom is -0.377 e. The second kappa shape index (κ2) is 3.99. The topological polar surface area (TPSA) is 87.7 Å². The number of hydrogen-bond acceptors (Lipinski definition) is 4. The lowest BCUT2D eigenvalue weighted by atomic mass is 10.1. The number of carbonyl (C=O) groups is 3. The summed E-state index contributed by atoms with van der Waals surface area (Å²) in [5, 5.41) is 5.19. The molecule has 7 heteroatoms. The van der Waals surface area contributed by atoms with Crippen LogP contribution in [0.4, 0.5) is 4.79 Å². The highest BCUT2D eigenvalue weighted by Gasteiger charge is 2.45. The van der Waals surface area contributed by atoms with Gasteiger partial charge in [-0.3, -0.25) is 14.5 Å². The van der Waals surface area contributed by atoms with E-state index in [-0.39, 0.29) is 24.4 Å². The van der Waals surface area contributed by atoms with Crippen LogP contribution in [0.25, 0.3) is 0 Å². The monoisotopic (exact) mass is 241 g/mol. The SMILES string of the molecule is CC1(C)NC(=O)N(CC(=O)NC2COC2)C1=O. The Bertz CT molecular complexity index is 376. The van der Waals surface area contributed by atoms with Gasteiger partial charge in [0.1, 0.15) is 12.1 Å². The smallest absolute Gasteiger partial charge is 0.325 e. The highest BCUT2D eigenvalue weighted by molar-refractivity contribution is 6.08. The molecule has 2 heterocycles. The number of urea groups is 1. The number of ether oxygens (including phenoxy) is 1. The van der Waals surface area contributed by atoms with Gasteiger partial charge in [-0.2, -0.15) is 0 Å². The summed E-state index contributed by atoms with van der Waals surface area (Å²) >= 11 is 0. The van der Waals surface area contributed by atoms with Crippen molar-refractivity contribution >= 4 is 17.8 Å². The molecule has 0 radical (unpaired) electrons. The molecular formula is C10H15N3O4. The molecule has 0 atom stereocenters. The van der Waals surface area contributed by atoms with Gasteiger partial charge in [0.15, 0.2) is 0 Å². The summed E-state index contributed by atoms with van der Waals surface area (Å²) in [5.41, 5.74) is -0.934. The van der Waals surface area contributed by atoms with Gasteiger partial charge in [-0.15, -0.1) is 0 Å². The Balaban J connectivity index is 1.92. The summed E-state index contributed by atoms with van der Waals surface area (Å²) in [5.74, 6) is -0.734. The van der Waals surface area contributed by atoms with E-state index in [1.165, 1.54) is 0 Å². The van der Waals surface area contributed by atoms with Crippen LogP contribution in [0.1, 0.15) is 13.8 Å². The molecule has 0 spiro atoms. The van der Waals surface area contributed by atoms with Crippen LogP contribution in [0.2, 0.25) is 0 Å². The summed E-state index contributed by atoms with van der Waals surface area (Å²) in [6, 6.07) is -0.531. The molecule has 2 fully saturated rings. The molecule has 2 aliphatic heterocycles. The lowest BCUT2D eigenvalue weighted by Crippen LogP contribution is -2.52. The normalized spacial score (nSPS) is 23.3. The van der Waals surface area contributed by atoms with Crippen molar-refractivity contribution < 1.29 is 19.1 Å². The van der Waals surface area contributed by atoms with Crippen molar-refractivity contribution in [2.24, 2.45) is 0 Å². The molecule has 2 N–H and O–H groups in total. The first-order chi connectivity index (χ1) is 7.90. The first-order valence-electron chi connectivity index (χ1n) is 5.41. The first kappa shape index (κ1) is 11.8. The molecule has 4 amide bonds. The molecule has 2 aliphatic rings. The van der Waals surface area contributed by atoms with Gasteiger partial charge in [0.05, 0.1) is 19.3 Å². The van der Waals surface area contributed by atoms with Gasteiger partial charge in [-0.25, -0.2) is 4.79 Å². The number of rotatable bonds is 3. The van der Waals surface area contributed by atoms with Crippen LogP contribution in [-0.2, 0) is 14.3 Å². The van der Waals surface area contributed by atoms with E-state index in [2.05, 4.69) is 10.6 Å². The summed E-state index contributed by atoms with van der Waals surface area (Å²) in [6.07, 6.45) is 0. The van der Waals surface area contributed by atoms with E-state index in [4.69, 9.17) is 4.74 Å². The molecule has 2 saturated heterocycles. The van der Waals surface area contributed by atoms with Crippen LogP contribution in [0.3, 0.4) is 0 Å². The van der Waals surface area contributed by atoms with Crippen molar-refractivity contribution in [3.05, 3.63) is 0 Å². The number of imide groups is 1. The maximum atomic E-state index is 11.8. The maximum Gasteiger partial charge on any atom is 0.325 e. The van der Waals surface area contributed by atoms with Crippen molar-refractivity contribution in [1.82, 2.24) is 15.5 Å². The number of nitrogens with one attached hydrogen (secondary N) is 2. The minimum absolute atomic E-state index is 0.00345. The highest BCUT2D eigenvalue weighted by Crippen LogP contribution is 2.16. The van der Waals surface area contributed by atoms with E-state index >= 15 is 0 Å². The van der Waals surface area contributed by atoms with Gasteiger partial charge in [0.25, 0.3) is 5.91 Å². The number of carbonyl (C=O) groups excluding carboxylic acids is 3. The Morgan fingerprint density at radius 1 is 1.53 bits per heavy atom. The molecule has 0 aliphatic carbocycles. The van der Waals surface area contributed by atoms with E-state index in [1.807, 2.05) is 0 Å². The predicted molar refractivity (Wildman–Crippen MR) is 57.1 cm³/mol. The van der Waals surface area contributed by atoms with Crippen LogP contribution in [0.15, 0.2) is 0 Å². The van der Waals surface area contributed by atoms with Gasteiger partial charge in [0.2, 0.25) is 5.91 Å². The number of nitrogens with zero attached hydrogens (tertiary/aromatic N) is 1. The van der Waals surface area contributed by atoms with Gasteiger partial charge in [-0.05, 0) is 13.8 Å². The number of amides is 4. The third kappa shape index (κ3) is 2.23. The predicted octanol–water partition coefficient (Wildman–Crippen LogP) is -1.17. The van der Waals surface area contributed by atoms with Crippen LogP contribution >= 0.6 is 0 Å². The van der Waals surface area contributed by atoms with E-state index in [9.17, 15) is 14.4 Å². The Hall–Kier alpha value is -1.63. The van der Waals surface area contributed by atoms with Gasteiger partial charge < -0.3 is 15.4 Å². The second-order valence-electron chi connectivity index (χ2n) is 4.75. The average Bonchev–Trinajstić information content (AvgIpc) is 2.35.